The molecular weight excluding hydrogens is 246 g/mol. The van der Waals surface area contributed by atoms with Crippen molar-refractivity contribution in [2.45, 2.75) is 40.2 Å². The van der Waals surface area contributed by atoms with Crippen LogP contribution < -0.4 is 5.32 Å². The number of nitrogens with one attached hydrogen (secondary N) is 1. The molecule has 1 atom stereocenters. The van der Waals surface area contributed by atoms with Crippen LogP contribution in [0.25, 0.3) is 0 Å². The molecule has 6 heteroatoms. The van der Waals surface area contributed by atoms with Crippen LogP contribution in [0.15, 0.2) is 6.07 Å². The van der Waals surface area contributed by atoms with Crippen LogP contribution >= 0.6 is 0 Å². The first kappa shape index (κ1) is 15.1. The number of carbonyl (C=O) groups excluding carboxylic acids is 1. The van der Waals surface area contributed by atoms with Crippen molar-refractivity contribution in [2.24, 2.45) is 5.92 Å². The average Bonchev–Trinajstić information content (AvgIpc) is 2.25. The maximum absolute atomic E-state index is 12.0. The number of aromatic nitrogens is 2. The van der Waals surface area contributed by atoms with Crippen LogP contribution in [0.4, 0.5) is 0 Å². The van der Waals surface area contributed by atoms with E-state index in [-0.39, 0.29) is 11.6 Å². The Kier molecular flexibility index (Phi) is 4.97. The van der Waals surface area contributed by atoms with Crippen molar-refractivity contribution >= 4 is 11.9 Å². The van der Waals surface area contributed by atoms with Gasteiger partial charge in [0.25, 0.3) is 5.91 Å². The fourth-order valence-corrected chi connectivity index (χ4v) is 1.76. The highest BCUT2D eigenvalue weighted by Crippen LogP contribution is 2.07. The first-order valence-electron chi connectivity index (χ1n) is 6.15. The molecule has 0 aliphatic carbocycles. The van der Waals surface area contributed by atoms with E-state index in [1.54, 1.807) is 13.8 Å². The van der Waals surface area contributed by atoms with Gasteiger partial charge in [-0.05, 0) is 32.3 Å². The van der Waals surface area contributed by atoms with Gasteiger partial charge in [-0.15, -0.1) is 0 Å². The van der Waals surface area contributed by atoms with Crippen LogP contribution in [0, 0.1) is 19.8 Å². The van der Waals surface area contributed by atoms with E-state index in [2.05, 4.69) is 15.3 Å². The predicted molar refractivity (Wildman–Crippen MR) is 69.9 cm³/mol. The number of carboxylic acids is 1. The maximum Gasteiger partial charge on any atom is 0.326 e. The maximum atomic E-state index is 12.0. The summed E-state index contributed by atoms with van der Waals surface area (Å²) in [6, 6.07) is 0.638. The van der Waals surface area contributed by atoms with Gasteiger partial charge in [-0.2, -0.15) is 0 Å². The van der Waals surface area contributed by atoms with E-state index in [4.69, 9.17) is 5.11 Å². The van der Waals surface area contributed by atoms with Crippen molar-refractivity contribution in [3.05, 3.63) is 23.3 Å². The third-order valence-corrected chi connectivity index (χ3v) is 2.51. The second-order valence-electron chi connectivity index (χ2n) is 4.94. The standard InChI is InChI=1S/C13H19N3O3/c1-7(2)5-11(13(18)19)16-12(17)10-6-8(3)14-9(4)15-10/h6-7,11H,5H2,1-4H3,(H,16,17)(H,18,19). The van der Waals surface area contributed by atoms with Crippen LogP contribution in [0.2, 0.25) is 0 Å². The molecule has 0 saturated carbocycles. The SMILES string of the molecule is Cc1cc(C(=O)NC(CC(C)C)C(=O)O)nc(C)n1. The predicted octanol–water partition coefficient (Wildman–Crippen LogP) is 1.32. The minimum absolute atomic E-state index is 0.176. The van der Waals surface area contributed by atoms with Gasteiger partial charge < -0.3 is 10.4 Å². The van der Waals surface area contributed by atoms with Gasteiger partial charge in [0, 0.05) is 5.69 Å². The summed E-state index contributed by atoms with van der Waals surface area (Å²) in [4.78, 5) is 31.2. The number of carbonyl (C=O) groups is 2. The molecule has 1 heterocycles. The molecule has 0 aromatic carbocycles. The van der Waals surface area contributed by atoms with Gasteiger partial charge >= 0.3 is 5.97 Å². The summed E-state index contributed by atoms with van der Waals surface area (Å²) in [7, 11) is 0. The van der Waals surface area contributed by atoms with Crippen molar-refractivity contribution in [2.75, 3.05) is 0 Å². The Morgan fingerprint density at radius 2 is 1.95 bits per heavy atom. The van der Waals surface area contributed by atoms with E-state index in [1.807, 2.05) is 13.8 Å². The van der Waals surface area contributed by atoms with Crippen LogP contribution in [-0.4, -0.2) is 33.0 Å². The third kappa shape index (κ3) is 4.65. The largest absolute Gasteiger partial charge is 0.480 e. The molecule has 2 N–H and O–H groups in total. The van der Waals surface area contributed by atoms with Gasteiger partial charge in [-0.3, -0.25) is 4.79 Å². The van der Waals surface area contributed by atoms with E-state index in [0.717, 1.165) is 0 Å². The van der Waals surface area contributed by atoms with Gasteiger partial charge in [0.05, 0.1) is 0 Å². The lowest BCUT2D eigenvalue weighted by Gasteiger charge is -2.16. The Morgan fingerprint density at radius 3 is 2.42 bits per heavy atom. The second kappa shape index (κ2) is 6.26. The highest BCUT2D eigenvalue weighted by Gasteiger charge is 2.22. The van der Waals surface area contributed by atoms with Gasteiger partial charge in [0.15, 0.2) is 0 Å². The normalized spacial score (nSPS) is 12.3. The third-order valence-electron chi connectivity index (χ3n) is 2.51. The number of aliphatic carboxylic acids is 1. The second-order valence-corrected chi connectivity index (χ2v) is 4.94. The molecule has 0 aliphatic rings. The van der Waals surface area contributed by atoms with E-state index < -0.39 is 17.9 Å². The Labute approximate surface area is 112 Å². The van der Waals surface area contributed by atoms with Crippen molar-refractivity contribution in [1.82, 2.24) is 15.3 Å². The summed E-state index contributed by atoms with van der Waals surface area (Å²) < 4.78 is 0. The lowest BCUT2D eigenvalue weighted by Crippen LogP contribution is -2.42. The lowest BCUT2D eigenvalue weighted by atomic mass is 10.0. The summed E-state index contributed by atoms with van der Waals surface area (Å²) in [5.41, 5.74) is 0.869. The molecular formula is C13H19N3O3. The molecule has 1 amide bonds. The topological polar surface area (TPSA) is 92.2 Å². The molecule has 1 rings (SSSR count). The highest BCUT2D eigenvalue weighted by molar-refractivity contribution is 5.95. The zero-order valence-electron chi connectivity index (χ0n) is 11.6. The summed E-state index contributed by atoms with van der Waals surface area (Å²) >= 11 is 0. The monoisotopic (exact) mass is 265 g/mol. The number of amides is 1. The number of nitrogens with zero attached hydrogens (tertiary/aromatic N) is 2. The Morgan fingerprint density at radius 1 is 1.32 bits per heavy atom. The summed E-state index contributed by atoms with van der Waals surface area (Å²) in [6.07, 6.45) is 0.379. The summed E-state index contributed by atoms with van der Waals surface area (Å²) in [5, 5.41) is 11.6. The fraction of sp³-hybridized carbons (Fsp3) is 0.538. The fourth-order valence-electron chi connectivity index (χ4n) is 1.76. The number of hydrogen-bond acceptors (Lipinski definition) is 4. The molecule has 6 nitrogen and oxygen atoms in total. The molecule has 0 spiro atoms. The van der Waals surface area contributed by atoms with Crippen molar-refractivity contribution in [3.8, 4) is 0 Å². The van der Waals surface area contributed by atoms with Crippen LogP contribution in [0.5, 0.6) is 0 Å². The molecule has 1 aromatic heterocycles. The Hall–Kier alpha value is -1.98. The molecule has 1 unspecified atom stereocenters. The summed E-state index contributed by atoms with van der Waals surface area (Å²) in [6.45, 7) is 7.25. The molecule has 0 fully saturated rings. The van der Waals surface area contributed by atoms with Crippen molar-refractivity contribution in [3.63, 3.8) is 0 Å². The van der Waals surface area contributed by atoms with E-state index in [9.17, 15) is 9.59 Å². The zero-order valence-corrected chi connectivity index (χ0v) is 11.6. The average molecular weight is 265 g/mol. The van der Waals surface area contributed by atoms with Crippen molar-refractivity contribution in [1.29, 1.82) is 0 Å². The van der Waals surface area contributed by atoms with Gasteiger partial charge in [0.2, 0.25) is 0 Å². The molecule has 0 saturated heterocycles. The first-order valence-corrected chi connectivity index (χ1v) is 6.15. The molecule has 0 bridgehead atoms. The highest BCUT2D eigenvalue weighted by atomic mass is 16.4. The minimum Gasteiger partial charge on any atom is -0.480 e. The van der Waals surface area contributed by atoms with Crippen LogP contribution in [0.1, 0.15) is 42.3 Å². The van der Waals surface area contributed by atoms with Crippen LogP contribution in [-0.2, 0) is 4.79 Å². The minimum atomic E-state index is -1.04. The molecule has 104 valence electrons. The molecule has 19 heavy (non-hydrogen) atoms. The zero-order chi connectivity index (χ0) is 14.6. The van der Waals surface area contributed by atoms with E-state index in [0.29, 0.717) is 17.9 Å². The number of carboxylic acid groups (broad SMARTS) is 1. The Bertz CT molecular complexity index is 466. The Balaban J connectivity index is 2.84. The quantitative estimate of drug-likeness (QED) is 0.837. The van der Waals surface area contributed by atoms with E-state index in [1.165, 1.54) is 6.07 Å². The summed E-state index contributed by atoms with van der Waals surface area (Å²) in [5.74, 6) is -0.859. The van der Waals surface area contributed by atoms with Gasteiger partial charge in [-0.25, -0.2) is 14.8 Å². The lowest BCUT2D eigenvalue weighted by molar-refractivity contribution is -0.139. The molecule has 0 radical (unpaired) electrons. The number of hydrogen-bond donors (Lipinski definition) is 2. The van der Waals surface area contributed by atoms with Crippen LogP contribution in [0.3, 0.4) is 0 Å². The van der Waals surface area contributed by atoms with Crippen molar-refractivity contribution < 1.29 is 14.7 Å². The first-order chi connectivity index (χ1) is 8.79. The molecule has 1 aromatic rings. The number of rotatable bonds is 5. The molecule has 0 aliphatic heterocycles. The number of aryl methyl sites for hydroxylation is 2. The van der Waals surface area contributed by atoms with Gasteiger partial charge in [0.1, 0.15) is 17.6 Å². The smallest absolute Gasteiger partial charge is 0.326 e. The van der Waals surface area contributed by atoms with Gasteiger partial charge in [-0.1, -0.05) is 13.8 Å². The van der Waals surface area contributed by atoms with E-state index >= 15 is 0 Å².